The SMILES string of the molecule is Cc1c(CN2CCc3[nH]c4c(Cl)cccc4c3C2)cnn1C. The number of hydrogen-bond acceptors (Lipinski definition) is 2. The van der Waals surface area contributed by atoms with E-state index in [9.17, 15) is 0 Å². The van der Waals surface area contributed by atoms with Gasteiger partial charge in [-0.1, -0.05) is 23.7 Å². The molecule has 0 radical (unpaired) electrons. The van der Waals surface area contributed by atoms with Crippen molar-refractivity contribution in [3.05, 3.63) is 51.9 Å². The first-order valence-corrected chi connectivity index (χ1v) is 7.99. The molecule has 1 aliphatic rings. The van der Waals surface area contributed by atoms with Gasteiger partial charge in [0.05, 0.1) is 16.7 Å². The molecule has 1 aromatic carbocycles. The minimum Gasteiger partial charge on any atom is -0.357 e. The first-order chi connectivity index (χ1) is 10.6. The number of aromatic amines is 1. The van der Waals surface area contributed by atoms with E-state index >= 15 is 0 Å². The molecule has 0 amide bonds. The summed E-state index contributed by atoms with van der Waals surface area (Å²) in [7, 11) is 1.99. The zero-order valence-electron chi connectivity index (χ0n) is 12.9. The molecule has 0 atom stereocenters. The van der Waals surface area contributed by atoms with Crippen molar-refractivity contribution in [2.24, 2.45) is 7.05 Å². The van der Waals surface area contributed by atoms with Crippen LogP contribution in [0.1, 0.15) is 22.5 Å². The number of fused-ring (bicyclic) bond motifs is 3. The maximum atomic E-state index is 6.31. The Labute approximate surface area is 134 Å². The summed E-state index contributed by atoms with van der Waals surface area (Å²) in [4.78, 5) is 6.00. The van der Waals surface area contributed by atoms with Crippen LogP contribution in [-0.2, 0) is 26.6 Å². The lowest BCUT2D eigenvalue weighted by atomic mass is 10.0. The Hall–Kier alpha value is -1.78. The average molecular weight is 315 g/mol. The Kier molecular flexibility index (Phi) is 3.24. The Morgan fingerprint density at radius 3 is 3.00 bits per heavy atom. The Morgan fingerprint density at radius 2 is 2.23 bits per heavy atom. The number of rotatable bonds is 2. The van der Waals surface area contributed by atoms with E-state index in [1.54, 1.807) is 0 Å². The van der Waals surface area contributed by atoms with Crippen LogP contribution < -0.4 is 0 Å². The van der Waals surface area contributed by atoms with E-state index in [1.807, 2.05) is 30.1 Å². The lowest BCUT2D eigenvalue weighted by Crippen LogP contribution is -2.29. The highest BCUT2D eigenvalue weighted by molar-refractivity contribution is 6.35. The Bertz CT molecular complexity index is 846. The molecule has 0 fully saturated rings. The molecule has 3 aromatic rings. The van der Waals surface area contributed by atoms with Crippen LogP contribution in [0.4, 0.5) is 0 Å². The second kappa shape index (κ2) is 5.14. The first-order valence-electron chi connectivity index (χ1n) is 7.61. The van der Waals surface area contributed by atoms with E-state index in [-0.39, 0.29) is 0 Å². The number of nitrogens with one attached hydrogen (secondary N) is 1. The van der Waals surface area contributed by atoms with E-state index in [1.165, 1.54) is 27.9 Å². The highest BCUT2D eigenvalue weighted by Gasteiger charge is 2.22. The Balaban J connectivity index is 1.65. The van der Waals surface area contributed by atoms with Crippen molar-refractivity contribution >= 4 is 22.5 Å². The van der Waals surface area contributed by atoms with E-state index in [0.29, 0.717) is 0 Å². The number of para-hydroxylation sites is 1. The fourth-order valence-electron chi connectivity index (χ4n) is 3.33. The van der Waals surface area contributed by atoms with Crippen molar-refractivity contribution in [3.63, 3.8) is 0 Å². The van der Waals surface area contributed by atoms with Crippen molar-refractivity contribution in [1.29, 1.82) is 0 Å². The molecule has 0 spiro atoms. The number of hydrogen-bond donors (Lipinski definition) is 1. The van der Waals surface area contributed by atoms with Gasteiger partial charge in [0.15, 0.2) is 0 Å². The van der Waals surface area contributed by atoms with Crippen molar-refractivity contribution < 1.29 is 0 Å². The summed E-state index contributed by atoms with van der Waals surface area (Å²) in [5, 5.41) is 6.41. The zero-order valence-corrected chi connectivity index (χ0v) is 13.6. The summed E-state index contributed by atoms with van der Waals surface area (Å²) in [6.07, 6.45) is 3.02. The average Bonchev–Trinajstić information content (AvgIpc) is 3.04. The Morgan fingerprint density at radius 1 is 1.36 bits per heavy atom. The number of aromatic nitrogens is 3. The van der Waals surface area contributed by atoms with Gasteiger partial charge >= 0.3 is 0 Å². The fraction of sp³-hybridized carbons (Fsp3) is 0.353. The third-order valence-corrected chi connectivity index (χ3v) is 5.08. The predicted octanol–water partition coefficient (Wildman–Crippen LogP) is 3.42. The van der Waals surface area contributed by atoms with E-state index < -0.39 is 0 Å². The number of nitrogens with zero attached hydrogens (tertiary/aromatic N) is 3. The van der Waals surface area contributed by atoms with Crippen LogP contribution >= 0.6 is 11.6 Å². The quantitative estimate of drug-likeness (QED) is 0.787. The third kappa shape index (κ3) is 2.14. The monoisotopic (exact) mass is 314 g/mol. The minimum atomic E-state index is 0.807. The molecule has 114 valence electrons. The van der Waals surface area contributed by atoms with Crippen molar-refractivity contribution in [2.75, 3.05) is 6.54 Å². The van der Waals surface area contributed by atoms with Crippen LogP contribution in [0.3, 0.4) is 0 Å². The van der Waals surface area contributed by atoms with Gasteiger partial charge in [0.25, 0.3) is 0 Å². The lowest BCUT2D eigenvalue weighted by molar-refractivity contribution is 0.245. The fourth-order valence-corrected chi connectivity index (χ4v) is 3.56. The number of aryl methyl sites for hydroxylation is 1. The van der Waals surface area contributed by atoms with Gasteiger partial charge in [-0.3, -0.25) is 9.58 Å². The topological polar surface area (TPSA) is 36.9 Å². The summed E-state index contributed by atoms with van der Waals surface area (Å²) < 4.78 is 1.94. The molecular formula is C17H19ClN4. The molecule has 0 saturated carbocycles. The van der Waals surface area contributed by atoms with Gasteiger partial charge in [-0.05, 0) is 18.6 Å². The van der Waals surface area contributed by atoms with Crippen LogP contribution in [0.25, 0.3) is 10.9 Å². The van der Waals surface area contributed by atoms with Gasteiger partial charge in [-0.15, -0.1) is 0 Å². The maximum Gasteiger partial charge on any atom is 0.0648 e. The summed E-state index contributed by atoms with van der Waals surface area (Å²) >= 11 is 6.31. The number of halogens is 1. The molecule has 0 aliphatic carbocycles. The second-order valence-corrected chi connectivity index (χ2v) is 6.49. The van der Waals surface area contributed by atoms with Crippen molar-refractivity contribution in [3.8, 4) is 0 Å². The summed E-state index contributed by atoms with van der Waals surface area (Å²) in [6.45, 7) is 5.10. The second-order valence-electron chi connectivity index (χ2n) is 6.08. The molecule has 4 rings (SSSR count). The maximum absolute atomic E-state index is 6.31. The molecule has 1 N–H and O–H groups in total. The first kappa shape index (κ1) is 13.9. The number of benzene rings is 1. The van der Waals surface area contributed by atoms with Crippen LogP contribution in [0.5, 0.6) is 0 Å². The molecular weight excluding hydrogens is 296 g/mol. The van der Waals surface area contributed by atoms with Gasteiger partial charge in [0.2, 0.25) is 0 Å². The molecule has 3 heterocycles. The van der Waals surface area contributed by atoms with Gasteiger partial charge < -0.3 is 4.98 Å². The van der Waals surface area contributed by atoms with E-state index in [0.717, 1.165) is 36.6 Å². The lowest BCUT2D eigenvalue weighted by Gasteiger charge is -2.26. The third-order valence-electron chi connectivity index (χ3n) is 4.77. The van der Waals surface area contributed by atoms with Crippen LogP contribution in [0.2, 0.25) is 5.02 Å². The van der Waals surface area contributed by atoms with Gasteiger partial charge in [0.1, 0.15) is 0 Å². The highest BCUT2D eigenvalue weighted by atomic mass is 35.5. The molecule has 22 heavy (non-hydrogen) atoms. The van der Waals surface area contributed by atoms with Gasteiger partial charge in [-0.25, -0.2) is 0 Å². The smallest absolute Gasteiger partial charge is 0.0648 e. The molecule has 5 heteroatoms. The van der Waals surface area contributed by atoms with Crippen LogP contribution in [0, 0.1) is 6.92 Å². The highest BCUT2D eigenvalue weighted by Crippen LogP contribution is 2.32. The number of H-pyrrole nitrogens is 1. The van der Waals surface area contributed by atoms with Crippen LogP contribution in [0.15, 0.2) is 24.4 Å². The largest absolute Gasteiger partial charge is 0.357 e. The zero-order chi connectivity index (χ0) is 15.3. The molecule has 0 bridgehead atoms. The van der Waals surface area contributed by atoms with E-state index in [4.69, 9.17) is 11.6 Å². The van der Waals surface area contributed by atoms with E-state index in [2.05, 4.69) is 28.0 Å². The molecule has 0 unspecified atom stereocenters. The standard InChI is InChI=1S/C17H19ClN4/c1-11-12(8-19-21(11)2)9-22-7-6-16-14(10-22)13-4-3-5-15(18)17(13)20-16/h3-5,8,20H,6-7,9-10H2,1-2H3. The minimum absolute atomic E-state index is 0.807. The van der Waals surface area contributed by atoms with Crippen LogP contribution in [-0.4, -0.2) is 26.2 Å². The summed E-state index contributed by atoms with van der Waals surface area (Å²) in [5.74, 6) is 0. The summed E-state index contributed by atoms with van der Waals surface area (Å²) in [5.41, 5.74) is 6.36. The molecule has 4 nitrogen and oxygen atoms in total. The predicted molar refractivity (Wildman–Crippen MR) is 89.1 cm³/mol. The normalized spacial score (nSPS) is 15.4. The molecule has 1 aliphatic heterocycles. The van der Waals surface area contributed by atoms with Crippen molar-refractivity contribution in [1.82, 2.24) is 19.7 Å². The molecule has 0 saturated heterocycles. The van der Waals surface area contributed by atoms with Crippen molar-refractivity contribution in [2.45, 2.75) is 26.4 Å². The van der Waals surface area contributed by atoms with Gasteiger partial charge in [0, 0.05) is 55.4 Å². The molecule has 2 aromatic heterocycles. The summed E-state index contributed by atoms with van der Waals surface area (Å²) in [6, 6.07) is 6.14. The van der Waals surface area contributed by atoms with Gasteiger partial charge in [-0.2, -0.15) is 5.10 Å².